The highest BCUT2D eigenvalue weighted by Gasteiger charge is 2.20. The molecule has 0 aromatic rings. The molecular weight excluding hydrogens is 160 g/mol. The highest BCUT2D eigenvalue weighted by atomic mass is 15.0. The summed E-state index contributed by atoms with van der Waals surface area (Å²) >= 11 is 0. The Bertz CT molecular complexity index is 135. The van der Waals surface area contributed by atoms with Crippen LogP contribution in [0, 0.1) is 0 Å². The first-order valence-corrected chi connectivity index (χ1v) is 5.62. The fourth-order valence-electron chi connectivity index (χ4n) is 2.04. The largest absolute Gasteiger partial charge is 0.329 e. The lowest BCUT2D eigenvalue weighted by molar-refractivity contribution is 0.319. The van der Waals surface area contributed by atoms with Gasteiger partial charge in [0.05, 0.1) is 0 Å². The van der Waals surface area contributed by atoms with Crippen molar-refractivity contribution in [1.29, 1.82) is 0 Å². The van der Waals surface area contributed by atoms with Crippen LogP contribution in [0.25, 0.3) is 0 Å². The molecule has 0 radical (unpaired) electrons. The smallest absolute Gasteiger partial charge is 0.0249 e. The Morgan fingerprint density at radius 1 is 1.15 bits per heavy atom. The highest BCUT2D eigenvalue weighted by molar-refractivity contribution is 4.83. The summed E-state index contributed by atoms with van der Waals surface area (Å²) in [5.41, 5.74) is 5.82. The monoisotopic (exact) mass is 184 g/mol. The van der Waals surface area contributed by atoms with Crippen molar-refractivity contribution in [2.75, 3.05) is 6.54 Å². The average Bonchev–Trinajstić information content (AvgIpc) is 2.32. The van der Waals surface area contributed by atoms with E-state index in [1.54, 1.807) is 0 Å². The molecular formula is C11H24N2. The third kappa shape index (κ3) is 4.10. The molecule has 0 spiro atoms. The van der Waals surface area contributed by atoms with E-state index in [9.17, 15) is 0 Å². The average molecular weight is 184 g/mol. The lowest BCUT2D eigenvalue weighted by Gasteiger charge is -2.30. The maximum Gasteiger partial charge on any atom is 0.0249 e. The zero-order valence-corrected chi connectivity index (χ0v) is 9.10. The van der Waals surface area contributed by atoms with Crippen molar-refractivity contribution >= 4 is 0 Å². The van der Waals surface area contributed by atoms with E-state index in [1.807, 2.05) is 0 Å². The van der Waals surface area contributed by atoms with Crippen molar-refractivity contribution in [1.82, 2.24) is 5.32 Å². The molecule has 0 heterocycles. The Morgan fingerprint density at radius 3 is 2.15 bits per heavy atom. The normalized spacial score (nSPS) is 21.5. The standard InChI is InChI=1S/C11H24N2/c1-11(2,9-12)13-10-7-5-3-4-6-8-10/h10,13H,3-9,12H2,1-2H3. The molecule has 1 rings (SSSR count). The lowest BCUT2D eigenvalue weighted by Crippen LogP contribution is -2.50. The second kappa shape index (κ2) is 4.97. The molecule has 1 aliphatic rings. The number of rotatable bonds is 3. The van der Waals surface area contributed by atoms with Gasteiger partial charge in [0.2, 0.25) is 0 Å². The van der Waals surface area contributed by atoms with E-state index in [1.165, 1.54) is 38.5 Å². The molecule has 78 valence electrons. The third-order valence-corrected chi connectivity index (χ3v) is 2.96. The quantitative estimate of drug-likeness (QED) is 0.659. The second-order valence-corrected chi connectivity index (χ2v) is 4.92. The maximum atomic E-state index is 5.70. The summed E-state index contributed by atoms with van der Waals surface area (Å²) in [7, 11) is 0. The van der Waals surface area contributed by atoms with Crippen LogP contribution in [0.15, 0.2) is 0 Å². The minimum atomic E-state index is 0.120. The number of nitrogens with one attached hydrogen (secondary N) is 1. The van der Waals surface area contributed by atoms with Crippen molar-refractivity contribution in [2.24, 2.45) is 5.73 Å². The predicted octanol–water partition coefficient (Wildman–Crippen LogP) is 2.04. The van der Waals surface area contributed by atoms with Gasteiger partial charge in [-0.25, -0.2) is 0 Å². The van der Waals surface area contributed by atoms with Gasteiger partial charge in [-0.05, 0) is 26.7 Å². The van der Waals surface area contributed by atoms with Crippen LogP contribution >= 0.6 is 0 Å². The topological polar surface area (TPSA) is 38.0 Å². The van der Waals surface area contributed by atoms with Crippen LogP contribution in [0.3, 0.4) is 0 Å². The molecule has 0 unspecified atom stereocenters. The molecule has 0 aliphatic heterocycles. The molecule has 13 heavy (non-hydrogen) atoms. The SMILES string of the molecule is CC(C)(CN)NC1CCCCCC1. The van der Waals surface area contributed by atoms with Crippen molar-refractivity contribution in [3.8, 4) is 0 Å². The molecule has 0 bridgehead atoms. The van der Waals surface area contributed by atoms with E-state index in [2.05, 4.69) is 19.2 Å². The van der Waals surface area contributed by atoms with Crippen LogP contribution in [0.2, 0.25) is 0 Å². The zero-order chi connectivity index (χ0) is 9.73. The molecule has 2 heteroatoms. The van der Waals surface area contributed by atoms with Gasteiger partial charge in [-0.3, -0.25) is 0 Å². The summed E-state index contributed by atoms with van der Waals surface area (Å²) in [5.74, 6) is 0. The first-order valence-electron chi connectivity index (χ1n) is 5.62. The first-order chi connectivity index (χ1) is 6.14. The van der Waals surface area contributed by atoms with Crippen LogP contribution in [0.4, 0.5) is 0 Å². The lowest BCUT2D eigenvalue weighted by atomic mass is 10.0. The maximum absolute atomic E-state index is 5.70. The van der Waals surface area contributed by atoms with Gasteiger partial charge in [-0.1, -0.05) is 25.7 Å². The fourth-order valence-corrected chi connectivity index (χ4v) is 2.04. The molecule has 0 aromatic carbocycles. The molecule has 1 fully saturated rings. The Morgan fingerprint density at radius 2 is 1.69 bits per heavy atom. The Hall–Kier alpha value is -0.0800. The van der Waals surface area contributed by atoms with Crippen LogP contribution < -0.4 is 11.1 Å². The van der Waals surface area contributed by atoms with E-state index in [4.69, 9.17) is 5.73 Å². The molecule has 3 N–H and O–H groups in total. The fraction of sp³-hybridized carbons (Fsp3) is 1.00. The van der Waals surface area contributed by atoms with Crippen LogP contribution in [-0.2, 0) is 0 Å². The first kappa shape index (κ1) is 11.0. The highest BCUT2D eigenvalue weighted by Crippen LogP contribution is 2.19. The van der Waals surface area contributed by atoms with E-state index in [0.29, 0.717) is 6.04 Å². The number of hydrogen-bond donors (Lipinski definition) is 2. The minimum absolute atomic E-state index is 0.120. The molecule has 1 aliphatic carbocycles. The van der Waals surface area contributed by atoms with E-state index < -0.39 is 0 Å². The second-order valence-electron chi connectivity index (χ2n) is 4.92. The summed E-state index contributed by atoms with van der Waals surface area (Å²) in [6.07, 6.45) is 8.28. The Kier molecular flexibility index (Phi) is 4.20. The van der Waals surface area contributed by atoms with Crippen molar-refractivity contribution < 1.29 is 0 Å². The van der Waals surface area contributed by atoms with Gasteiger partial charge >= 0.3 is 0 Å². The molecule has 0 aromatic heterocycles. The summed E-state index contributed by atoms with van der Waals surface area (Å²) in [5, 5.41) is 3.66. The zero-order valence-electron chi connectivity index (χ0n) is 9.10. The Balaban J connectivity index is 2.33. The van der Waals surface area contributed by atoms with Crippen LogP contribution in [-0.4, -0.2) is 18.1 Å². The van der Waals surface area contributed by atoms with E-state index >= 15 is 0 Å². The van der Waals surface area contributed by atoms with Gasteiger partial charge in [0.15, 0.2) is 0 Å². The third-order valence-electron chi connectivity index (χ3n) is 2.96. The summed E-state index contributed by atoms with van der Waals surface area (Å²) in [6, 6.07) is 0.709. The molecule has 0 atom stereocenters. The molecule has 1 saturated carbocycles. The minimum Gasteiger partial charge on any atom is -0.329 e. The molecule has 0 amide bonds. The van der Waals surface area contributed by atoms with Gasteiger partial charge in [0.25, 0.3) is 0 Å². The summed E-state index contributed by atoms with van der Waals surface area (Å²) < 4.78 is 0. The summed E-state index contributed by atoms with van der Waals surface area (Å²) in [6.45, 7) is 5.11. The van der Waals surface area contributed by atoms with Crippen molar-refractivity contribution in [2.45, 2.75) is 64.0 Å². The molecule has 0 saturated heterocycles. The Labute approximate surface area is 82.3 Å². The van der Waals surface area contributed by atoms with Crippen LogP contribution in [0.1, 0.15) is 52.4 Å². The molecule has 2 nitrogen and oxygen atoms in total. The van der Waals surface area contributed by atoms with Gasteiger partial charge < -0.3 is 11.1 Å². The van der Waals surface area contributed by atoms with Gasteiger partial charge in [0.1, 0.15) is 0 Å². The van der Waals surface area contributed by atoms with Crippen LogP contribution in [0.5, 0.6) is 0 Å². The van der Waals surface area contributed by atoms with Gasteiger partial charge in [-0.2, -0.15) is 0 Å². The van der Waals surface area contributed by atoms with Crippen molar-refractivity contribution in [3.63, 3.8) is 0 Å². The number of hydrogen-bond acceptors (Lipinski definition) is 2. The van der Waals surface area contributed by atoms with E-state index in [0.717, 1.165) is 6.54 Å². The van der Waals surface area contributed by atoms with E-state index in [-0.39, 0.29) is 5.54 Å². The summed E-state index contributed by atoms with van der Waals surface area (Å²) in [4.78, 5) is 0. The number of nitrogens with two attached hydrogens (primary N) is 1. The van der Waals surface area contributed by atoms with Gasteiger partial charge in [-0.15, -0.1) is 0 Å². The van der Waals surface area contributed by atoms with Gasteiger partial charge in [0, 0.05) is 18.1 Å². The van der Waals surface area contributed by atoms with Crippen molar-refractivity contribution in [3.05, 3.63) is 0 Å². The predicted molar refractivity (Wildman–Crippen MR) is 57.8 cm³/mol.